The van der Waals surface area contributed by atoms with Crippen LogP contribution in [0.25, 0.3) is 11.2 Å². The van der Waals surface area contributed by atoms with E-state index < -0.39 is 0 Å². The van der Waals surface area contributed by atoms with Crippen LogP contribution in [0.4, 0.5) is 10.3 Å². The number of benzene rings is 1. The smallest absolute Gasteiger partial charge is 0.294 e. The van der Waals surface area contributed by atoms with Gasteiger partial charge in [-0.1, -0.05) is 19.1 Å². The molecule has 0 bridgehead atoms. The normalized spacial score (nSPS) is 16.2. The van der Waals surface area contributed by atoms with Crippen LogP contribution < -0.4 is 16.3 Å². The molecule has 2 aromatic heterocycles. The van der Waals surface area contributed by atoms with E-state index in [-0.39, 0.29) is 23.1 Å². The van der Waals surface area contributed by atoms with Gasteiger partial charge in [0.1, 0.15) is 5.82 Å². The van der Waals surface area contributed by atoms with E-state index >= 15 is 0 Å². The van der Waals surface area contributed by atoms with E-state index in [4.69, 9.17) is 0 Å². The maximum absolute atomic E-state index is 13.3. The number of aromatic nitrogens is 4. The van der Waals surface area contributed by atoms with E-state index in [2.05, 4.69) is 10.1 Å². The van der Waals surface area contributed by atoms with E-state index in [0.717, 1.165) is 11.3 Å². The third-order valence-corrected chi connectivity index (χ3v) is 5.35. The Morgan fingerprint density at radius 2 is 1.86 bits per heavy atom. The molecule has 0 N–H and O–H groups in total. The summed E-state index contributed by atoms with van der Waals surface area (Å²) in [5.41, 5.74) is 1.68. The van der Waals surface area contributed by atoms with Crippen molar-refractivity contribution in [2.24, 2.45) is 12.1 Å². The molecular formula is C20H23FN6O2. The van der Waals surface area contributed by atoms with Crippen LogP contribution in [0.1, 0.15) is 38.8 Å². The van der Waals surface area contributed by atoms with Crippen molar-refractivity contribution in [3.63, 3.8) is 0 Å². The number of anilines is 1. The summed E-state index contributed by atoms with van der Waals surface area (Å²) in [6.07, 6.45) is 0.675. The Morgan fingerprint density at radius 1 is 1.17 bits per heavy atom. The second kappa shape index (κ2) is 6.98. The highest BCUT2D eigenvalue weighted by molar-refractivity contribution is 5.91. The van der Waals surface area contributed by atoms with Crippen molar-refractivity contribution in [2.45, 2.75) is 46.3 Å². The standard InChI is InChI=1S/C20H23FN6O2/c1-5-10-25-18(28)16-17(24(4)20(25)29)22-19-26(23-12(2)13(3)27(16)19)11-14-6-8-15(21)9-7-14/h6-9,13H,5,10-11H2,1-4H3. The number of hydrazone groups is 1. The molecule has 1 atom stereocenters. The van der Waals surface area contributed by atoms with Gasteiger partial charge in [0.2, 0.25) is 5.95 Å². The molecule has 4 rings (SSSR count). The molecule has 8 nitrogen and oxygen atoms in total. The average Bonchev–Trinajstić information content (AvgIpc) is 3.10. The minimum absolute atomic E-state index is 0.181. The van der Waals surface area contributed by atoms with Gasteiger partial charge in [0.25, 0.3) is 5.56 Å². The first-order valence-electron chi connectivity index (χ1n) is 9.62. The van der Waals surface area contributed by atoms with Crippen molar-refractivity contribution in [3.05, 3.63) is 56.5 Å². The number of hydrogen-bond acceptors (Lipinski definition) is 5. The third-order valence-electron chi connectivity index (χ3n) is 5.35. The van der Waals surface area contributed by atoms with E-state index in [9.17, 15) is 14.0 Å². The summed E-state index contributed by atoms with van der Waals surface area (Å²) in [5.74, 6) is 0.184. The van der Waals surface area contributed by atoms with Gasteiger partial charge in [-0.05, 0) is 38.0 Å². The fourth-order valence-corrected chi connectivity index (χ4v) is 3.67. The third kappa shape index (κ3) is 2.97. The fourth-order valence-electron chi connectivity index (χ4n) is 3.67. The largest absolute Gasteiger partial charge is 0.332 e. The van der Waals surface area contributed by atoms with Gasteiger partial charge in [0.15, 0.2) is 11.2 Å². The van der Waals surface area contributed by atoms with Crippen molar-refractivity contribution in [1.29, 1.82) is 0 Å². The number of fused-ring (bicyclic) bond motifs is 3. The van der Waals surface area contributed by atoms with Crippen LogP contribution in [0.15, 0.2) is 39.0 Å². The summed E-state index contributed by atoms with van der Waals surface area (Å²) >= 11 is 0. The lowest BCUT2D eigenvalue weighted by atomic mass is 10.2. The molecule has 9 heteroatoms. The van der Waals surface area contributed by atoms with Crippen LogP contribution in [-0.4, -0.2) is 24.4 Å². The van der Waals surface area contributed by atoms with Crippen molar-refractivity contribution < 1.29 is 4.39 Å². The average molecular weight is 398 g/mol. The monoisotopic (exact) mass is 398 g/mol. The van der Waals surface area contributed by atoms with Gasteiger partial charge in [-0.3, -0.25) is 18.5 Å². The van der Waals surface area contributed by atoms with Crippen LogP contribution in [0.2, 0.25) is 0 Å². The van der Waals surface area contributed by atoms with Crippen LogP contribution in [0.3, 0.4) is 0 Å². The molecule has 0 saturated carbocycles. The lowest BCUT2D eigenvalue weighted by Gasteiger charge is -2.29. The van der Waals surface area contributed by atoms with Gasteiger partial charge in [-0.2, -0.15) is 10.1 Å². The van der Waals surface area contributed by atoms with Gasteiger partial charge in [-0.25, -0.2) is 14.2 Å². The van der Waals surface area contributed by atoms with Gasteiger partial charge in [-0.15, -0.1) is 0 Å². The molecule has 3 aromatic rings. The van der Waals surface area contributed by atoms with E-state index in [1.807, 2.05) is 25.3 Å². The first-order valence-corrected chi connectivity index (χ1v) is 9.62. The summed E-state index contributed by atoms with van der Waals surface area (Å²) in [5, 5.41) is 6.33. The van der Waals surface area contributed by atoms with E-state index in [0.29, 0.717) is 36.6 Å². The minimum atomic E-state index is -0.379. The Labute approximate surface area is 166 Å². The molecule has 0 radical (unpaired) electrons. The number of imidazole rings is 1. The number of nitrogens with zero attached hydrogens (tertiary/aromatic N) is 6. The summed E-state index contributed by atoms with van der Waals surface area (Å²) in [7, 11) is 1.62. The fraction of sp³-hybridized carbons (Fsp3) is 0.400. The Morgan fingerprint density at radius 3 is 2.52 bits per heavy atom. The molecule has 0 fully saturated rings. The molecule has 0 saturated heterocycles. The van der Waals surface area contributed by atoms with Crippen molar-refractivity contribution in [1.82, 2.24) is 18.7 Å². The van der Waals surface area contributed by atoms with Gasteiger partial charge in [0.05, 0.1) is 18.3 Å². The minimum Gasteiger partial charge on any atom is -0.294 e. The second-order valence-electron chi connectivity index (χ2n) is 7.35. The maximum atomic E-state index is 13.3. The zero-order chi connectivity index (χ0) is 20.9. The number of aryl methyl sites for hydroxylation is 1. The zero-order valence-electron chi connectivity index (χ0n) is 16.9. The SMILES string of the molecule is CCCn1c(=O)c2c(nc3n2C(C)C(C)=NN3Cc2ccc(F)cc2)n(C)c1=O. The second-order valence-corrected chi connectivity index (χ2v) is 7.35. The summed E-state index contributed by atoms with van der Waals surface area (Å²) in [6.45, 7) is 6.48. The van der Waals surface area contributed by atoms with Gasteiger partial charge >= 0.3 is 5.69 Å². The summed E-state index contributed by atoms with van der Waals surface area (Å²) in [6, 6.07) is 5.99. The first-order chi connectivity index (χ1) is 13.8. The quantitative estimate of drug-likeness (QED) is 0.676. The maximum Gasteiger partial charge on any atom is 0.332 e. The van der Waals surface area contributed by atoms with Crippen LogP contribution in [0, 0.1) is 5.82 Å². The molecule has 1 aliphatic heterocycles. The number of halogens is 1. The topological polar surface area (TPSA) is 77.4 Å². The lowest BCUT2D eigenvalue weighted by Crippen LogP contribution is -2.40. The van der Waals surface area contributed by atoms with Gasteiger partial charge < -0.3 is 0 Å². The molecule has 0 amide bonds. The molecule has 1 aromatic carbocycles. The van der Waals surface area contributed by atoms with E-state index in [1.165, 1.54) is 21.3 Å². The molecule has 29 heavy (non-hydrogen) atoms. The Bertz CT molecular complexity index is 1240. The van der Waals surface area contributed by atoms with Crippen LogP contribution >= 0.6 is 0 Å². The highest BCUT2D eigenvalue weighted by atomic mass is 19.1. The molecule has 0 spiro atoms. The molecule has 1 unspecified atom stereocenters. The highest BCUT2D eigenvalue weighted by Crippen LogP contribution is 2.30. The van der Waals surface area contributed by atoms with Crippen LogP contribution in [-0.2, 0) is 20.1 Å². The molecule has 152 valence electrons. The van der Waals surface area contributed by atoms with Gasteiger partial charge in [0, 0.05) is 13.6 Å². The lowest BCUT2D eigenvalue weighted by molar-refractivity contribution is 0.586. The number of hydrogen-bond donors (Lipinski definition) is 0. The Kier molecular flexibility index (Phi) is 4.60. The summed E-state index contributed by atoms with van der Waals surface area (Å²) < 4.78 is 17.8. The van der Waals surface area contributed by atoms with Crippen molar-refractivity contribution in [2.75, 3.05) is 5.01 Å². The zero-order valence-corrected chi connectivity index (χ0v) is 16.9. The Hall–Kier alpha value is -3.23. The Balaban J connectivity index is 1.94. The van der Waals surface area contributed by atoms with Crippen molar-refractivity contribution >= 4 is 22.8 Å². The predicted octanol–water partition coefficient (Wildman–Crippen LogP) is 2.40. The predicted molar refractivity (Wildman–Crippen MR) is 110 cm³/mol. The molecular weight excluding hydrogens is 375 g/mol. The highest BCUT2D eigenvalue weighted by Gasteiger charge is 2.30. The molecule has 1 aliphatic rings. The first kappa shape index (κ1) is 19.1. The van der Waals surface area contributed by atoms with Crippen molar-refractivity contribution in [3.8, 4) is 0 Å². The summed E-state index contributed by atoms with van der Waals surface area (Å²) in [4.78, 5) is 30.4. The van der Waals surface area contributed by atoms with E-state index in [1.54, 1.807) is 24.2 Å². The molecule has 3 heterocycles. The van der Waals surface area contributed by atoms with Crippen LogP contribution in [0.5, 0.6) is 0 Å². The molecule has 0 aliphatic carbocycles. The number of rotatable bonds is 4.